The molecular weight excluding hydrogens is 476 g/mol. The number of carbonyl (C=O) groups excluding carboxylic acids is 4. The molecule has 0 aliphatic heterocycles. The van der Waals surface area contributed by atoms with Crippen molar-refractivity contribution in [2.24, 2.45) is 11.5 Å². The van der Waals surface area contributed by atoms with E-state index < -0.39 is 66.7 Å². The molecule has 0 radical (unpaired) electrons. The Kier molecular flexibility index (Phi) is 9.92. The lowest BCUT2D eigenvalue weighted by Crippen LogP contribution is -2.54. The zero-order valence-electron chi connectivity index (χ0n) is 19.2. The van der Waals surface area contributed by atoms with Gasteiger partial charge >= 0.3 is 11.9 Å². The molecule has 10 N–H and O–H groups in total. The first-order valence-electron chi connectivity index (χ1n) is 10.9. The van der Waals surface area contributed by atoms with Crippen LogP contribution in [0, 0.1) is 0 Å². The summed E-state index contributed by atoms with van der Waals surface area (Å²) in [4.78, 5) is 73.4. The molecule has 0 saturated carbocycles. The molecule has 3 unspecified atom stereocenters. The number of nitrogens with one attached hydrogen (secondary N) is 4. The smallest absolute Gasteiger partial charge is 0.326 e. The van der Waals surface area contributed by atoms with Crippen molar-refractivity contribution >= 4 is 46.5 Å². The number of rotatable bonds is 14. The number of aromatic nitrogens is 1. The first kappa shape index (κ1) is 27.8. The average Bonchev–Trinajstić information content (AvgIpc) is 3.21. The lowest BCUT2D eigenvalue weighted by Gasteiger charge is -2.21. The predicted octanol–water partition coefficient (Wildman–Crippen LogP) is -2.05. The fourth-order valence-corrected chi connectivity index (χ4v) is 3.38. The van der Waals surface area contributed by atoms with Crippen molar-refractivity contribution in [3.8, 4) is 0 Å². The van der Waals surface area contributed by atoms with Gasteiger partial charge in [-0.1, -0.05) is 18.2 Å². The normalized spacial score (nSPS) is 13.2. The Morgan fingerprint density at radius 2 is 1.67 bits per heavy atom. The molecule has 36 heavy (non-hydrogen) atoms. The van der Waals surface area contributed by atoms with Crippen LogP contribution in [0.5, 0.6) is 0 Å². The van der Waals surface area contributed by atoms with Crippen molar-refractivity contribution in [1.82, 2.24) is 20.9 Å². The molecule has 0 bridgehead atoms. The number of carbonyl (C=O) groups is 6. The summed E-state index contributed by atoms with van der Waals surface area (Å²) in [5.74, 6) is -6.31. The number of para-hydroxylation sites is 1. The lowest BCUT2D eigenvalue weighted by atomic mass is 10.1. The van der Waals surface area contributed by atoms with Gasteiger partial charge in [-0.15, -0.1) is 0 Å². The Labute approximate surface area is 204 Å². The van der Waals surface area contributed by atoms with Gasteiger partial charge in [-0.25, -0.2) is 4.79 Å². The van der Waals surface area contributed by atoms with Crippen LogP contribution in [0.2, 0.25) is 0 Å². The van der Waals surface area contributed by atoms with Crippen LogP contribution in [-0.2, 0) is 35.2 Å². The minimum Gasteiger partial charge on any atom is -0.481 e. The molecule has 1 aromatic heterocycles. The zero-order chi connectivity index (χ0) is 26.8. The van der Waals surface area contributed by atoms with Crippen molar-refractivity contribution in [1.29, 1.82) is 0 Å². The fraction of sp³-hybridized carbons (Fsp3) is 0.364. The van der Waals surface area contributed by atoms with Crippen LogP contribution in [0.1, 0.15) is 24.8 Å². The highest BCUT2D eigenvalue weighted by atomic mass is 16.4. The maximum absolute atomic E-state index is 12.5. The predicted molar refractivity (Wildman–Crippen MR) is 125 cm³/mol. The monoisotopic (exact) mass is 504 g/mol. The Morgan fingerprint density at radius 3 is 2.31 bits per heavy atom. The maximum Gasteiger partial charge on any atom is 0.326 e. The third-order valence-corrected chi connectivity index (χ3v) is 5.20. The molecular formula is C22H28N6O8. The molecule has 0 aliphatic rings. The first-order chi connectivity index (χ1) is 17.0. The van der Waals surface area contributed by atoms with Crippen LogP contribution in [0.25, 0.3) is 10.9 Å². The van der Waals surface area contributed by atoms with Crippen molar-refractivity contribution < 1.29 is 39.0 Å². The number of carboxylic acids is 2. The summed E-state index contributed by atoms with van der Waals surface area (Å²) in [7, 11) is 0. The highest BCUT2D eigenvalue weighted by molar-refractivity contribution is 5.94. The number of primary amides is 1. The molecule has 1 heterocycles. The Balaban J connectivity index is 1.94. The lowest BCUT2D eigenvalue weighted by molar-refractivity contribution is -0.147. The van der Waals surface area contributed by atoms with E-state index in [1.807, 2.05) is 29.6 Å². The number of H-pyrrole nitrogens is 1. The number of hydrogen-bond donors (Lipinski definition) is 8. The second-order valence-electron chi connectivity index (χ2n) is 8.01. The van der Waals surface area contributed by atoms with Gasteiger partial charge in [-0.05, 0) is 24.5 Å². The fourth-order valence-electron chi connectivity index (χ4n) is 3.38. The highest BCUT2D eigenvalue weighted by Crippen LogP contribution is 2.18. The van der Waals surface area contributed by atoms with Crippen LogP contribution >= 0.6 is 0 Å². The molecule has 14 nitrogen and oxygen atoms in total. The number of amides is 4. The summed E-state index contributed by atoms with van der Waals surface area (Å²) >= 11 is 0. The standard InChI is InChI=1S/C22H28N6O8/c23-13(7-11-9-25-14-4-2-1-3-12(11)14)20(33)26-10-18(30)27-15(5-6-17(24)29)21(34)28-16(22(35)36)8-19(31)32/h1-4,9,13,15-16,25H,5-8,10,23H2,(H2,24,29)(H,26,33)(H,27,30)(H,28,34)(H,31,32)(H,35,36). The Morgan fingerprint density at radius 1 is 0.972 bits per heavy atom. The molecule has 3 atom stereocenters. The minimum absolute atomic E-state index is 0.196. The molecule has 194 valence electrons. The van der Waals surface area contributed by atoms with E-state index in [9.17, 15) is 28.8 Å². The summed E-state index contributed by atoms with van der Waals surface area (Å²) in [6.45, 7) is -0.557. The molecule has 0 saturated heterocycles. The molecule has 4 amide bonds. The van der Waals surface area contributed by atoms with Crippen molar-refractivity contribution in [3.63, 3.8) is 0 Å². The summed E-state index contributed by atoms with van der Waals surface area (Å²) < 4.78 is 0. The molecule has 0 spiro atoms. The largest absolute Gasteiger partial charge is 0.481 e. The van der Waals surface area contributed by atoms with Crippen LogP contribution in [0.4, 0.5) is 0 Å². The average molecular weight is 505 g/mol. The van der Waals surface area contributed by atoms with Crippen molar-refractivity contribution in [2.75, 3.05) is 6.54 Å². The SMILES string of the molecule is NC(=O)CCC(NC(=O)CNC(=O)C(N)Cc1c[nH]c2ccccc12)C(=O)NC(CC(=O)O)C(=O)O. The van der Waals surface area contributed by atoms with Crippen LogP contribution < -0.4 is 27.4 Å². The van der Waals surface area contributed by atoms with Crippen molar-refractivity contribution in [3.05, 3.63) is 36.0 Å². The van der Waals surface area contributed by atoms with E-state index in [0.29, 0.717) is 0 Å². The van der Waals surface area contributed by atoms with Gasteiger partial charge in [0, 0.05) is 23.5 Å². The van der Waals surface area contributed by atoms with Gasteiger partial charge in [-0.2, -0.15) is 0 Å². The van der Waals surface area contributed by atoms with E-state index in [0.717, 1.165) is 16.5 Å². The summed E-state index contributed by atoms with van der Waals surface area (Å²) in [6, 6.07) is 3.32. The first-order valence-corrected chi connectivity index (χ1v) is 10.9. The maximum atomic E-state index is 12.5. The van der Waals surface area contributed by atoms with Crippen LogP contribution in [0.3, 0.4) is 0 Å². The molecule has 14 heteroatoms. The number of nitrogens with two attached hydrogens (primary N) is 2. The van der Waals surface area contributed by atoms with Gasteiger partial charge in [0.15, 0.2) is 0 Å². The number of carboxylic acid groups (broad SMARTS) is 2. The second kappa shape index (κ2) is 12.9. The molecule has 0 aliphatic carbocycles. The van der Waals surface area contributed by atoms with E-state index in [2.05, 4.69) is 15.6 Å². The van der Waals surface area contributed by atoms with Gasteiger partial charge in [0.05, 0.1) is 19.0 Å². The van der Waals surface area contributed by atoms with Gasteiger partial charge in [0.2, 0.25) is 23.6 Å². The highest BCUT2D eigenvalue weighted by Gasteiger charge is 2.28. The topological polar surface area (TPSA) is 247 Å². The van der Waals surface area contributed by atoms with E-state index in [-0.39, 0.29) is 19.3 Å². The van der Waals surface area contributed by atoms with E-state index in [1.165, 1.54) is 0 Å². The zero-order valence-corrected chi connectivity index (χ0v) is 19.2. The number of hydrogen-bond acceptors (Lipinski definition) is 7. The van der Waals surface area contributed by atoms with Gasteiger partial charge < -0.3 is 42.6 Å². The number of aliphatic carboxylic acids is 2. The third kappa shape index (κ3) is 8.39. The molecule has 2 aromatic rings. The van der Waals surface area contributed by atoms with Crippen molar-refractivity contribution in [2.45, 2.75) is 43.8 Å². The molecule has 2 rings (SSSR count). The molecule has 1 aromatic carbocycles. The van der Waals surface area contributed by atoms with E-state index in [1.54, 1.807) is 6.20 Å². The Hall–Kier alpha value is -4.46. The van der Waals surface area contributed by atoms with E-state index in [4.69, 9.17) is 21.7 Å². The van der Waals surface area contributed by atoms with Gasteiger partial charge in [0.1, 0.15) is 12.1 Å². The Bertz CT molecular complexity index is 1150. The summed E-state index contributed by atoms with van der Waals surface area (Å²) in [5, 5.41) is 25.4. The number of benzene rings is 1. The van der Waals surface area contributed by atoms with Crippen LogP contribution in [0.15, 0.2) is 30.5 Å². The summed E-state index contributed by atoms with van der Waals surface area (Å²) in [6.07, 6.45) is 0.432. The van der Waals surface area contributed by atoms with Gasteiger partial charge in [0.25, 0.3) is 0 Å². The minimum atomic E-state index is -1.76. The summed E-state index contributed by atoms with van der Waals surface area (Å²) in [5.41, 5.74) is 12.7. The molecule has 0 fully saturated rings. The quantitative estimate of drug-likeness (QED) is 0.141. The second-order valence-corrected chi connectivity index (χ2v) is 8.01. The van der Waals surface area contributed by atoms with Crippen LogP contribution in [-0.4, -0.2) is 75.4 Å². The van der Waals surface area contributed by atoms with Gasteiger partial charge in [-0.3, -0.25) is 24.0 Å². The van der Waals surface area contributed by atoms with E-state index >= 15 is 0 Å². The number of fused-ring (bicyclic) bond motifs is 1. The third-order valence-electron chi connectivity index (χ3n) is 5.20. The number of aromatic amines is 1.